The SMILES string of the molecule is Oc1ccccc1C1=NC(=Nc2ccc(N3CCCC3)nc2)C(c2ccccc2)=N1. The van der Waals surface area contributed by atoms with Crippen LogP contribution in [0.1, 0.15) is 24.0 Å². The normalized spacial score (nSPS) is 17.3. The van der Waals surface area contributed by atoms with Gasteiger partial charge in [-0.2, -0.15) is 0 Å². The van der Waals surface area contributed by atoms with Crippen LogP contribution in [0.3, 0.4) is 0 Å². The average molecular weight is 395 g/mol. The van der Waals surface area contributed by atoms with Crippen LogP contribution in [0.5, 0.6) is 5.75 Å². The van der Waals surface area contributed by atoms with Gasteiger partial charge < -0.3 is 10.0 Å². The summed E-state index contributed by atoms with van der Waals surface area (Å²) in [4.78, 5) is 20.9. The van der Waals surface area contributed by atoms with Gasteiger partial charge in [-0.3, -0.25) is 0 Å². The average Bonchev–Trinajstić information content (AvgIpc) is 3.46. The van der Waals surface area contributed by atoms with E-state index in [-0.39, 0.29) is 5.75 Å². The number of aromatic nitrogens is 1. The van der Waals surface area contributed by atoms with Gasteiger partial charge in [-0.05, 0) is 37.1 Å². The van der Waals surface area contributed by atoms with E-state index in [2.05, 4.69) is 14.9 Å². The first-order chi connectivity index (χ1) is 14.8. The predicted molar refractivity (Wildman–Crippen MR) is 120 cm³/mol. The van der Waals surface area contributed by atoms with Crippen molar-refractivity contribution in [3.8, 4) is 5.75 Å². The minimum Gasteiger partial charge on any atom is -0.507 e. The molecule has 30 heavy (non-hydrogen) atoms. The van der Waals surface area contributed by atoms with Crippen molar-refractivity contribution >= 4 is 28.9 Å². The van der Waals surface area contributed by atoms with Crippen LogP contribution in [0, 0.1) is 0 Å². The number of hydrogen-bond acceptors (Lipinski definition) is 5. The second-order valence-electron chi connectivity index (χ2n) is 7.28. The number of amidine groups is 2. The van der Waals surface area contributed by atoms with Crippen LogP contribution in [-0.2, 0) is 0 Å². The largest absolute Gasteiger partial charge is 0.507 e. The van der Waals surface area contributed by atoms with Gasteiger partial charge >= 0.3 is 0 Å². The van der Waals surface area contributed by atoms with E-state index >= 15 is 0 Å². The number of pyridine rings is 1. The quantitative estimate of drug-likeness (QED) is 0.713. The molecule has 0 aliphatic carbocycles. The minimum absolute atomic E-state index is 0.144. The van der Waals surface area contributed by atoms with Gasteiger partial charge in [0.25, 0.3) is 0 Å². The minimum atomic E-state index is 0.144. The molecule has 148 valence electrons. The van der Waals surface area contributed by atoms with E-state index in [4.69, 9.17) is 9.98 Å². The highest BCUT2D eigenvalue weighted by molar-refractivity contribution is 6.54. The number of benzene rings is 2. The van der Waals surface area contributed by atoms with Crippen molar-refractivity contribution < 1.29 is 5.11 Å². The lowest BCUT2D eigenvalue weighted by Crippen LogP contribution is -2.18. The summed E-state index contributed by atoms with van der Waals surface area (Å²) in [5.74, 6) is 2.09. The van der Waals surface area contributed by atoms with Gasteiger partial charge in [-0.25, -0.2) is 20.0 Å². The Labute approximate surface area is 175 Å². The third-order valence-electron chi connectivity index (χ3n) is 5.23. The topological polar surface area (TPSA) is 73.4 Å². The van der Waals surface area contributed by atoms with E-state index in [1.807, 2.05) is 48.5 Å². The van der Waals surface area contributed by atoms with E-state index in [0.717, 1.165) is 30.2 Å². The molecule has 0 bridgehead atoms. The molecule has 1 fully saturated rings. The fraction of sp³-hybridized carbons (Fsp3) is 0.167. The lowest BCUT2D eigenvalue weighted by Gasteiger charge is -2.15. The van der Waals surface area contributed by atoms with Gasteiger partial charge in [0, 0.05) is 18.7 Å². The summed E-state index contributed by atoms with van der Waals surface area (Å²) in [6, 6.07) is 20.9. The number of anilines is 1. The fourth-order valence-electron chi connectivity index (χ4n) is 3.68. The summed E-state index contributed by atoms with van der Waals surface area (Å²) in [6.07, 6.45) is 4.20. The maximum atomic E-state index is 10.2. The monoisotopic (exact) mass is 395 g/mol. The molecule has 0 atom stereocenters. The van der Waals surface area contributed by atoms with Gasteiger partial charge in [0.15, 0.2) is 11.7 Å². The lowest BCUT2D eigenvalue weighted by atomic mass is 10.1. The number of rotatable bonds is 4. The molecule has 2 aliphatic rings. The van der Waals surface area contributed by atoms with Crippen LogP contribution >= 0.6 is 0 Å². The number of nitrogens with zero attached hydrogens (tertiary/aromatic N) is 5. The molecular weight excluding hydrogens is 374 g/mol. The van der Waals surface area contributed by atoms with Crippen LogP contribution in [0.4, 0.5) is 11.5 Å². The first-order valence-corrected chi connectivity index (χ1v) is 10.1. The molecule has 3 heterocycles. The Bertz CT molecular complexity index is 1140. The van der Waals surface area contributed by atoms with Gasteiger partial charge in [0.05, 0.1) is 17.4 Å². The van der Waals surface area contributed by atoms with E-state index in [9.17, 15) is 5.11 Å². The summed E-state index contributed by atoms with van der Waals surface area (Å²) < 4.78 is 0. The highest BCUT2D eigenvalue weighted by Crippen LogP contribution is 2.24. The van der Waals surface area contributed by atoms with E-state index in [1.54, 1.807) is 24.4 Å². The highest BCUT2D eigenvalue weighted by Gasteiger charge is 2.22. The molecule has 0 spiro atoms. The zero-order valence-corrected chi connectivity index (χ0v) is 16.4. The number of phenols is 1. The van der Waals surface area contributed by atoms with E-state index in [1.165, 1.54) is 12.8 Å². The van der Waals surface area contributed by atoms with Crippen molar-refractivity contribution in [2.75, 3.05) is 18.0 Å². The summed E-state index contributed by atoms with van der Waals surface area (Å²) in [5.41, 5.74) is 2.90. The summed E-state index contributed by atoms with van der Waals surface area (Å²) in [6.45, 7) is 2.11. The lowest BCUT2D eigenvalue weighted by molar-refractivity contribution is 0.474. The number of aliphatic imine (C=N–C) groups is 3. The van der Waals surface area contributed by atoms with Crippen molar-refractivity contribution in [1.29, 1.82) is 0 Å². The molecule has 2 aliphatic heterocycles. The zero-order chi connectivity index (χ0) is 20.3. The van der Waals surface area contributed by atoms with Crippen LogP contribution < -0.4 is 4.90 Å². The molecule has 0 saturated carbocycles. The molecule has 1 N–H and O–H groups in total. The maximum absolute atomic E-state index is 10.2. The number of para-hydroxylation sites is 1. The summed E-state index contributed by atoms with van der Waals surface area (Å²) in [7, 11) is 0. The van der Waals surface area contributed by atoms with E-state index < -0.39 is 0 Å². The third-order valence-corrected chi connectivity index (χ3v) is 5.23. The molecule has 2 aromatic carbocycles. The molecule has 0 amide bonds. The Kier molecular flexibility index (Phi) is 4.81. The highest BCUT2D eigenvalue weighted by atomic mass is 16.3. The molecule has 5 rings (SSSR count). The Morgan fingerprint density at radius 1 is 0.833 bits per heavy atom. The van der Waals surface area contributed by atoms with Crippen LogP contribution in [0.25, 0.3) is 0 Å². The zero-order valence-electron chi connectivity index (χ0n) is 16.4. The summed E-state index contributed by atoms with van der Waals surface area (Å²) in [5, 5.41) is 10.2. The Hall–Kier alpha value is -3.80. The Morgan fingerprint density at radius 2 is 1.60 bits per heavy atom. The van der Waals surface area contributed by atoms with Crippen LogP contribution in [-0.4, -0.2) is 40.6 Å². The smallest absolute Gasteiger partial charge is 0.181 e. The molecular formula is C24H21N5O. The Morgan fingerprint density at radius 3 is 2.33 bits per heavy atom. The number of aromatic hydroxyl groups is 1. The molecule has 3 aromatic rings. The molecule has 1 aromatic heterocycles. The molecule has 6 heteroatoms. The van der Waals surface area contributed by atoms with Gasteiger partial charge in [-0.1, -0.05) is 42.5 Å². The van der Waals surface area contributed by atoms with Gasteiger partial charge in [0.1, 0.15) is 17.3 Å². The first-order valence-electron chi connectivity index (χ1n) is 10.1. The Balaban J connectivity index is 1.52. The fourth-order valence-corrected chi connectivity index (χ4v) is 3.68. The molecule has 6 nitrogen and oxygen atoms in total. The second kappa shape index (κ2) is 7.91. The molecule has 0 radical (unpaired) electrons. The predicted octanol–water partition coefficient (Wildman–Crippen LogP) is 4.37. The standard InChI is InChI=1S/C24H21N5O/c30-20-11-5-4-10-19(20)23-27-22(17-8-2-1-3-9-17)24(28-23)26-18-12-13-21(25-16-18)29-14-6-7-15-29/h1-5,8-13,16,30H,6-7,14-15H2. The first kappa shape index (κ1) is 18.2. The van der Waals surface area contributed by atoms with Crippen molar-refractivity contribution in [2.24, 2.45) is 15.0 Å². The molecule has 0 unspecified atom stereocenters. The number of hydrogen-bond donors (Lipinski definition) is 1. The van der Waals surface area contributed by atoms with Crippen molar-refractivity contribution in [3.05, 3.63) is 84.1 Å². The number of phenolic OH excluding ortho intramolecular Hbond substituents is 1. The van der Waals surface area contributed by atoms with Crippen LogP contribution in [0.15, 0.2) is 87.9 Å². The van der Waals surface area contributed by atoms with Crippen molar-refractivity contribution in [1.82, 2.24) is 4.98 Å². The third kappa shape index (κ3) is 3.59. The molecule has 1 saturated heterocycles. The van der Waals surface area contributed by atoms with Crippen LogP contribution in [0.2, 0.25) is 0 Å². The van der Waals surface area contributed by atoms with E-state index in [0.29, 0.717) is 22.9 Å². The van der Waals surface area contributed by atoms with Gasteiger partial charge in [0.2, 0.25) is 0 Å². The van der Waals surface area contributed by atoms with Crippen molar-refractivity contribution in [3.63, 3.8) is 0 Å². The second-order valence-corrected chi connectivity index (χ2v) is 7.28. The van der Waals surface area contributed by atoms with Crippen molar-refractivity contribution in [2.45, 2.75) is 12.8 Å². The summed E-state index contributed by atoms with van der Waals surface area (Å²) >= 11 is 0. The van der Waals surface area contributed by atoms with Gasteiger partial charge in [-0.15, -0.1) is 0 Å². The maximum Gasteiger partial charge on any atom is 0.181 e.